The first kappa shape index (κ1) is 16.0. The van der Waals surface area contributed by atoms with E-state index in [0.29, 0.717) is 11.7 Å². The number of hydrogen-bond donors (Lipinski definition) is 2. The number of rotatable bonds is 5. The van der Waals surface area contributed by atoms with E-state index in [1.807, 2.05) is 13.8 Å². The zero-order valence-electron chi connectivity index (χ0n) is 12.2. The molecule has 2 rings (SSSR count). The Labute approximate surface area is 128 Å². The van der Waals surface area contributed by atoms with Crippen LogP contribution < -0.4 is 10.6 Å². The standard InChI is InChI=1S/C13H20N4O3S/c1-8(2)16-17-13-15-12(19)10(21-13)6-11(18)14-7-9-4-3-5-20-9/h9-10H,3-7H2,1-2H3,(H,14,18)(H,15,17,19)/t9-,10+/m0/s1. The molecule has 7 nitrogen and oxygen atoms in total. The fourth-order valence-electron chi connectivity index (χ4n) is 2.01. The molecule has 21 heavy (non-hydrogen) atoms. The van der Waals surface area contributed by atoms with E-state index in [0.717, 1.165) is 25.2 Å². The maximum Gasteiger partial charge on any atom is 0.240 e. The monoisotopic (exact) mass is 312 g/mol. The molecule has 0 aromatic rings. The van der Waals surface area contributed by atoms with Gasteiger partial charge in [0.15, 0.2) is 5.17 Å². The molecule has 2 atom stereocenters. The Balaban J connectivity index is 1.77. The largest absolute Gasteiger partial charge is 0.376 e. The number of nitrogens with zero attached hydrogens (tertiary/aromatic N) is 2. The highest BCUT2D eigenvalue weighted by molar-refractivity contribution is 8.15. The maximum atomic E-state index is 11.8. The summed E-state index contributed by atoms with van der Waals surface area (Å²) in [5.41, 5.74) is 0.801. The van der Waals surface area contributed by atoms with Gasteiger partial charge in [-0.15, -0.1) is 5.10 Å². The third-order valence-corrected chi connectivity index (χ3v) is 4.11. The molecule has 2 heterocycles. The molecule has 2 fully saturated rings. The second-order valence-electron chi connectivity index (χ2n) is 5.19. The highest BCUT2D eigenvalue weighted by atomic mass is 32.2. The number of nitrogens with one attached hydrogen (secondary N) is 2. The number of amidine groups is 1. The molecule has 0 aromatic carbocycles. The number of thioether (sulfide) groups is 1. The lowest BCUT2D eigenvalue weighted by atomic mass is 10.2. The number of carbonyl (C=O) groups excluding carboxylic acids is 2. The van der Waals surface area contributed by atoms with Crippen molar-refractivity contribution in [2.75, 3.05) is 13.2 Å². The minimum absolute atomic E-state index is 0.109. The van der Waals surface area contributed by atoms with Gasteiger partial charge in [0.05, 0.1) is 6.10 Å². The first-order valence-corrected chi connectivity index (χ1v) is 7.87. The average molecular weight is 312 g/mol. The van der Waals surface area contributed by atoms with Crippen molar-refractivity contribution in [1.82, 2.24) is 10.6 Å². The third kappa shape index (κ3) is 5.13. The van der Waals surface area contributed by atoms with Crippen LogP contribution in [0.2, 0.25) is 0 Å². The van der Waals surface area contributed by atoms with Crippen molar-refractivity contribution in [2.24, 2.45) is 10.2 Å². The van der Waals surface area contributed by atoms with E-state index >= 15 is 0 Å². The Hall–Kier alpha value is -1.41. The summed E-state index contributed by atoms with van der Waals surface area (Å²) in [6.45, 7) is 4.92. The van der Waals surface area contributed by atoms with Crippen LogP contribution >= 0.6 is 11.8 Å². The molecule has 2 N–H and O–H groups in total. The number of carbonyl (C=O) groups is 2. The lowest BCUT2D eigenvalue weighted by molar-refractivity contribution is -0.125. The van der Waals surface area contributed by atoms with Crippen molar-refractivity contribution in [1.29, 1.82) is 0 Å². The van der Waals surface area contributed by atoms with E-state index in [-0.39, 0.29) is 24.3 Å². The minimum atomic E-state index is -0.444. The molecule has 2 saturated heterocycles. The average Bonchev–Trinajstić information content (AvgIpc) is 3.05. The quantitative estimate of drug-likeness (QED) is 0.576. The fourth-order valence-corrected chi connectivity index (χ4v) is 2.92. The van der Waals surface area contributed by atoms with E-state index in [1.54, 1.807) is 0 Å². The minimum Gasteiger partial charge on any atom is -0.376 e. The second kappa shape index (κ2) is 7.56. The first-order valence-electron chi connectivity index (χ1n) is 6.99. The van der Waals surface area contributed by atoms with Crippen LogP contribution in [0.3, 0.4) is 0 Å². The van der Waals surface area contributed by atoms with Gasteiger partial charge in [0.1, 0.15) is 5.25 Å². The number of hydrogen-bond acceptors (Lipinski definition) is 6. The molecule has 2 amide bonds. The van der Waals surface area contributed by atoms with Gasteiger partial charge in [-0.25, -0.2) is 0 Å². The van der Waals surface area contributed by atoms with Crippen molar-refractivity contribution >= 4 is 34.5 Å². The Morgan fingerprint density at radius 3 is 3.00 bits per heavy atom. The van der Waals surface area contributed by atoms with Gasteiger partial charge in [0, 0.05) is 25.3 Å². The third-order valence-electron chi connectivity index (χ3n) is 3.04. The second-order valence-corrected chi connectivity index (χ2v) is 6.38. The van der Waals surface area contributed by atoms with Crippen molar-refractivity contribution < 1.29 is 14.3 Å². The summed E-state index contributed by atoms with van der Waals surface area (Å²) in [7, 11) is 0. The van der Waals surface area contributed by atoms with Gasteiger partial charge in [-0.3, -0.25) is 9.59 Å². The van der Waals surface area contributed by atoms with Crippen LogP contribution in [-0.4, -0.2) is 47.2 Å². The Bertz CT molecular complexity index is 468. The predicted octanol–water partition coefficient (Wildman–Crippen LogP) is 0.655. The van der Waals surface area contributed by atoms with Gasteiger partial charge in [-0.1, -0.05) is 11.8 Å². The molecular formula is C13H20N4O3S. The van der Waals surface area contributed by atoms with Gasteiger partial charge in [0.25, 0.3) is 0 Å². The molecule has 0 radical (unpaired) electrons. The Kier molecular flexibility index (Phi) is 5.75. The normalized spacial score (nSPS) is 26.8. The first-order chi connectivity index (χ1) is 10.0. The van der Waals surface area contributed by atoms with Crippen LogP contribution in [-0.2, 0) is 14.3 Å². The summed E-state index contributed by atoms with van der Waals surface area (Å²) in [6.07, 6.45) is 2.26. The summed E-state index contributed by atoms with van der Waals surface area (Å²) >= 11 is 1.24. The van der Waals surface area contributed by atoms with Gasteiger partial charge >= 0.3 is 0 Å². The number of ether oxygens (including phenoxy) is 1. The van der Waals surface area contributed by atoms with Gasteiger partial charge in [-0.05, 0) is 26.7 Å². The SMILES string of the molecule is CC(C)=N/N=C1\NC(=O)[C@@H](CC(=O)NC[C@@H]2CCCO2)S1. The van der Waals surface area contributed by atoms with Gasteiger partial charge in [0.2, 0.25) is 11.8 Å². The summed E-state index contributed by atoms with van der Waals surface area (Å²) in [4.78, 5) is 23.6. The molecule has 8 heteroatoms. The zero-order chi connectivity index (χ0) is 15.2. The summed E-state index contributed by atoms with van der Waals surface area (Å²) in [6, 6.07) is 0. The van der Waals surface area contributed by atoms with Crippen LogP contribution in [0.5, 0.6) is 0 Å². The smallest absolute Gasteiger partial charge is 0.240 e. The lowest BCUT2D eigenvalue weighted by Gasteiger charge is -2.11. The molecule has 0 unspecified atom stereocenters. The molecule has 0 saturated carbocycles. The van der Waals surface area contributed by atoms with Crippen LogP contribution in [0.4, 0.5) is 0 Å². The van der Waals surface area contributed by atoms with E-state index in [2.05, 4.69) is 20.8 Å². The van der Waals surface area contributed by atoms with E-state index in [4.69, 9.17) is 4.74 Å². The number of amides is 2. The highest BCUT2D eigenvalue weighted by Crippen LogP contribution is 2.22. The maximum absolute atomic E-state index is 11.8. The van der Waals surface area contributed by atoms with Crippen molar-refractivity contribution in [3.05, 3.63) is 0 Å². The fraction of sp³-hybridized carbons (Fsp3) is 0.692. The molecular weight excluding hydrogens is 292 g/mol. The van der Waals surface area contributed by atoms with E-state index < -0.39 is 5.25 Å². The molecule has 0 bridgehead atoms. The van der Waals surface area contributed by atoms with Crippen molar-refractivity contribution in [2.45, 2.75) is 44.5 Å². The Morgan fingerprint density at radius 2 is 2.33 bits per heavy atom. The molecule has 0 spiro atoms. The topological polar surface area (TPSA) is 92.2 Å². The summed E-state index contributed by atoms with van der Waals surface area (Å²) in [5.74, 6) is -0.343. The van der Waals surface area contributed by atoms with Gasteiger partial charge < -0.3 is 15.4 Å². The summed E-state index contributed by atoms with van der Waals surface area (Å²) in [5, 5.41) is 13.3. The lowest BCUT2D eigenvalue weighted by Crippen LogP contribution is -2.35. The van der Waals surface area contributed by atoms with Crippen LogP contribution in [0.1, 0.15) is 33.1 Å². The van der Waals surface area contributed by atoms with E-state index in [9.17, 15) is 9.59 Å². The van der Waals surface area contributed by atoms with Crippen LogP contribution in [0, 0.1) is 0 Å². The Morgan fingerprint density at radius 1 is 1.52 bits per heavy atom. The molecule has 2 aliphatic heterocycles. The van der Waals surface area contributed by atoms with Crippen LogP contribution in [0.15, 0.2) is 10.2 Å². The molecule has 0 aromatic heterocycles. The predicted molar refractivity (Wildman–Crippen MR) is 82.3 cm³/mol. The van der Waals surface area contributed by atoms with Crippen LogP contribution in [0.25, 0.3) is 0 Å². The van der Waals surface area contributed by atoms with Crippen molar-refractivity contribution in [3.63, 3.8) is 0 Å². The van der Waals surface area contributed by atoms with Gasteiger partial charge in [-0.2, -0.15) is 5.10 Å². The highest BCUT2D eigenvalue weighted by Gasteiger charge is 2.32. The molecule has 2 aliphatic rings. The molecule has 0 aliphatic carbocycles. The summed E-state index contributed by atoms with van der Waals surface area (Å²) < 4.78 is 5.43. The zero-order valence-corrected chi connectivity index (χ0v) is 13.0. The van der Waals surface area contributed by atoms with E-state index in [1.165, 1.54) is 11.8 Å². The van der Waals surface area contributed by atoms with Crippen molar-refractivity contribution in [3.8, 4) is 0 Å². The molecule has 116 valence electrons.